The molecule has 2 rings (SSSR count). The van der Waals surface area contributed by atoms with Crippen molar-refractivity contribution in [3.8, 4) is 5.75 Å². The summed E-state index contributed by atoms with van der Waals surface area (Å²) >= 11 is 4.86. The number of rotatable bonds is 5. The minimum absolute atomic E-state index is 0.310. The van der Waals surface area contributed by atoms with Crippen LogP contribution >= 0.6 is 12.2 Å². The first-order chi connectivity index (χ1) is 7.75. The van der Waals surface area contributed by atoms with E-state index in [1.165, 1.54) is 19.3 Å². The molecule has 0 saturated heterocycles. The third-order valence-electron chi connectivity index (χ3n) is 3.00. The lowest BCUT2D eigenvalue weighted by atomic mass is 9.83. The molecule has 1 aromatic rings. The van der Waals surface area contributed by atoms with Crippen LogP contribution in [0.3, 0.4) is 0 Å². The summed E-state index contributed by atoms with van der Waals surface area (Å²) in [4.78, 5) is 4.37. The molecular formula is C12H16N2OS. The number of pyridine rings is 1. The molecule has 0 aromatic carbocycles. The highest BCUT2D eigenvalue weighted by Gasteiger charge is 2.16. The molecule has 0 radical (unpaired) electrons. The number of hydrogen-bond acceptors (Lipinski definition) is 3. The van der Waals surface area contributed by atoms with E-state index < -0.39 is 0 Å². The van der Waals surface area contributed by atoms with Gasteiger partial charge in [-0.05, 0) is 18.4 Å². The lowest BCUT2D eigenvalue weighted by Gasteiger charge is -2.24. The van der Waals surface area contributed by atoms with Crippen LogP contribution in [0.5, 0.6) is 5.75 Å². The molecule has 0 unspecified atom stereocenters. The molecular weight excluding hydrogens is 220 g/mol. The monoisotopic (exact) mass is 236 g/mol. The zero-order valence-electron chi connectivity index (χ0n) is 9.19. The molecule has 1 aliphatic carbocycles. The van der Waals surface area contributed by atoms with Crippen molar-refractivity contribution in [1.29, 1.82) is 0 Å². The second-order valence-electron chi connectivity index (χ2n) is 4.18. The molecule has 1 fully saturated rings. The second kappa shape index (κ2) is 5.25. The van der Waals surface area contributed by atoms with Crippen molar-refractivity contribution >= 4 is 17.2 Å². The van der Waals surface area contributed by atoms with Gasteiger partial charge in [-0.1, -0.05) is 31.5 Å². The molecule has 4 heteroatoms. The van der Waals surface area contributed by atoms with Crippen LogP contribution in [-0.4, -0.2) is 16.6 Å². The Balaban J connectivity index is 1.83. The second-order valence-corrected chi connectivity index (χ2v) is 4.61. The fraction of sp³-hybridized carbons (Fsp3) is 0.500. The Labute approximate surface area is 101 Å². The van der Waals surface area contributed by atoms with Gasteiger partial charge in [0.15, 0.2) is 0 Å². The Morgan fingerprint density at radius 2 is 2.38 bits per heavy atom. The van der Waals surface area contributed by atoms with E-state index in [-0.39, 0.29) is 0 Å². The molecule has 16 heavy (non-hydrogen) atoms. The lowest BCUT2D eigenvalue weighted by Crippen LogP contribution is -2.15. The van der Waals surface area contributed by atoms with Gasteiger partial charge in [0.2, 0.25) is 0 Å². The smallest absolute Gasteiger partial charge is 0.123 e. The van der Waals surface area contributed by atoms with Gasteiger partial charge < -0.3 is 10.5 Å². The van der Waals surface area contributed by atoms with Crippen LogP contribution in [-0.2, 0) is 0 Å². The number of thiocarbonyl (C=S) groups is 1. The molecule has 0 atom stereocenters. The van der Waals surface area contributed by atoms with Crippen LogP contribution in [0, 0.1) is 5.92 Å². The normalized spacial score (nSPS) is 15.5. The number of hydrogen-bond donors (Lipinski definition) is 1. The molecule has 1 aliphatic rings. The summed E-state index contributed by atoms with van der Waals surface area (Å²) in [5.41, 5.74) is 6.13. The maximum atomic E-state index is 5.65. The highest BCUT2D eigenvalue weighted by Crippen LogP contribution is 2.29. The van der Waals surface area contributed by atoms with E-state index in [9.17, 15) is 0 Å². The van der Waals surface area contributed by atoms with Crippen LogP contribution < -0.4 is 10.5 Å². The van der Waals surface area contributed by atoms with Crippen LogP contribution in [0.2, 0.25) is 0 Å². The fourth-order valence-corrected chi connectivity index (χ4v) is 1.87. The Bertz CT molecular complexity index is 377. The summed E-state index contributed by atoms with van der Waals surface area (Å²) in [6.07, 6.45) is 6.92. The van der Waals surface area contributed by atoms with Crippen molar-refractivity contribution < 1.29 is 4.74 Å². The number of nitrogens with zero attached hydrogens (tertiary/aromatic N) is 1. The van der Waals surface area contributed by atoms with E-state index in [0.717, 1.165) is 24.7 Å². The summed E-state index contributed by atoms with van der Waals surface area (Å²) in [6.45, 7) is 0.769. The summed E-state index contributed by atoms with van der Waals surface area (Å²) in [6, 6.07) is 3.63. The molecule has 0 spiro atoms. The van der Waals surface area contributed by atoms with Crippen LogP contribution in [0.4, 0.5) is 0 Å². The minimum Gasteiger partial charge on any atom is -0.493 e. The standard InChI is InChI=1S/C12H16N2OS/c13-12(16)11-8-10(4-6-14-11)15-7-5-9-2-1-3-9/h4,6,8-9H,1-3,5,7H2,(H2,13,16). The first kappa shape index (κ1) is 11.3. The molecule has 0 amide bonds. The van der Waals surface area contributed by atoms with E-state index in [1.807, 2.05) is 6.07 Å². The maximum absolute atomic E-state index is 5.65. The zero-order valence-corrected chi connectivity index (χ0v) is 10.0. The summed E-state index contributed by atoms with van der Waals surface area (Å²) < 4.78 is 5.65. The number of ether oxygens (including phenoxy) is 1. The van der Waals surface area contributed by atoms with Crippen molar-refractivity contribution in [3.63, 3.8) is 0 Å². The van der Waals surface area contributed by atoms with Gasteiger partial charge in [0.1, 0.15) is 16.4 Å². The summed E-state index contributed by atoms with van der Waals surface area (Å²) in [7, 11) is 0. The third kappa shape index (κ3) is 2.92. The molecule has 3 nitrogen and oxygen atoms in total. The average Bonchev–Trinajstić information content (AvgIpc) is 2.22. The van der Waals surface area contributed by atoms with Gasteiger partial charge in [0.25, 0.3) is 0 Å². The summed E-state index contributed by atoms with van der Waals surface area (Å²) in [5, 5.41) is 0. The largest absolute Gasteiger partial charge is 0.493 e. The number of aromatic nitrogens is 1. The predicted octanol–water partition coefficient (Wildman–Crippen LogP) is 2.28. The van der Waals surface area contributed by atoms with Gasteiger partial charge in [-0.3, -0.25) is 4.98 Å². The SMILES string of the molecule is NC(=S)c1cc(OCCC2CCC2)ccn1. The first-order valence-electron chi connectivity index (χ1n) is 5.64. The highest BCUT2D eigenvalue weighted by atomic mass is 32.1. The molecule has 0 aliphatic heterocycles. The van der Waals surface area contributed by atoms with E-state index >= 15 is 0 Å². The number of nitrogens with two attached hydrogens (primary N) is 1. The predicted molar refractivity (Wildman–Crippen MR) is 67.6 cm³/mol. The maximum Gasteiger partial charge on any atom is 0.123 e. The topological polar surface area (TPSA) is 48.1 Å². The molecule has 0 bridgehead atoms. The average molecular weight is 236 g/mol. The first-order valence-corrected chi connectivity index (χ1v) is 6.05. The van der Waals surface area contributed by atoms with E-state index in [0.29, 0.717) is 10.7 Å². The van der Waals surface area contributed by atoms with Crippen LogP contribution in [0.25, 0.3) is 0 Å². The fourth-order valence-electron chi connectivity index (χ4n) is 1.76. The van der Waals surface area contributed by atoms with Gasteiger partial charge >= 0.3 is 0 Å². The molecule has 2 N–H and O–H groups in total. The highest BCUT2D eigenvalue weighted by molar-refractivity contribution is 7.80. The van der Waals surface area contributed by atoms with E-state index in [4.69, 9.17) is 22.7 Å². The van der Waals surface area contributed by atoms with Crippen molar-refractivity contribution in [2.75, 3.05) is 6.61 Å². The Kier molecular flexibility index (Phi) is 3.72. The Morgan fingerprint density at radius 1 is 1.56 bits per heavy atom. The van der Waals surface area contributed by atoms with Crippen molar-refractivity contribution in [2.24, 2.45) is 11.7 Å². The van der Waals surface area contributed by atoms with E-state index in [1.54, 1.807) is 12.3 Å². The van der Waals surface area contributed by atoms with Gasteiger partial charge in [0, 0.05) is 12.3 Å². The van der Waals surface area contributed by atoms with Gasteiger partial charge in [-0.25, -0.2) is 0 Å². The Hall–Kier alpha value is -1.16. The van der Waals surface area contributed by atoms with Crippen LogP contribution in [0.1, 0.15) is 31.4 Å². The van der Waals surface area contributed by atoms with Gasteiger partial charge in [-0.15, -0.1) is 0 Å². The molecule has 1 saturated carbocycles. The van der Waals surface area contributed by atoms with Gasteiger partial charge in [0.05, 0.1) is 6.61 Å². The molecule has 1 aromatic heterocycles. The quantitative estimate of drug-likeness (QED) is 0.797. The van der Waals surface area contributed by atoms with E-state index in [2.05, 4.69) is 4.98 Å². The van der Waals surface area contributed by atoms with Crippen molar-refractivity contribution in [1.82, 2.24) is 4.98 Å². The third-order valence-corrected chi connectivity index (χ3v) is 3.21. The summed E-state index contributed by atoms with van der Waals surface area (Å²) in [5.74, 6) is 1.68. The minimum atomic E-state index is 0.310. The zero-order chi connectivity index (χ0) is 11.4. The molecule has 1 heterocycles. The molecule has 86 valence electrons. The van der Waals surface area contributed by atoms with Crippen molar-refractivity contribution in [3.05, 3.63) is 24.0 Å². The van der Waals surface area contributed by atoms with Crippen LogP contribution in [0.15, 0.2) is 18.3 Å². The Morgan fingerprint density at radius 3 is 3.00 bits per heavy atom. The lowest BCUT2D eigenvalue weighted by molar-refractivity contribution is 0.222. The van der Waals surface area contributed by atoms with Gasteiger partial charge in [-0.2, -0.15) is 0 Å². The van der Waals surface area contributed by atoms with Crippen molar-refractivity contribution in [2.45, 2.75) is 25.7 Å².